The van der Waals surface area contributed by atoms with E-state index in [0.717, 1.165) is 31.3 Å². The number of ketones is 1. The van der Waals surface area contributed by atoms with E-state index >= 15 is 0 Å². The highest BCUT2D eigenvalue weighted by atomic mass is 16.1. The lowest BCUT2D eigenvalue weighted by Crippen LogP contribution is -2.15. The van der Waals surface area contributed by atoms with Crippen LogP contribution in [0.1, 0.15) is 65.2 Å². The van der Waals surface area contributed by atoms with Crippen LogP contribution in [0.25, 0.3) is 0 Å². The second kappa shape index (κ2) is 6.81. The predicted octanol–water partition coefficient (Wildman–Crippen LogP) is 4.27. The molecule has 0 amide bonds. The lowest BCUT2D eigenvalue weighted by molar-refractivity contribution is -0.119. The summed E-state index contributed by atoms with van der Waals surface area (Å²) < 4.78 is 0. The van der Waals surface area contributed by atoms with Crippen molar-refractivity contribution in [1.82, 2.24) is 0 Å². The Labute approximate surface area is 93.9 Å². The van der Waals surface area contributed by atoms with Crippen LogP contribution in [0, 0.1) is 5.92 Å². The molecule has 1 rings (SSSR count). The van der Waals surface area contributed by atoms with E-state index in [0.29, 0.717) is 5.78 Å². The number of Topliss-reactive ketones (excluding diaryl/α,β-unsaturated/α-hetero) is 1. The van der Waals surface area contributed by atoms with Crippen molar-refractivity contribution in [3.05, 3.63) is 11.6 Å². The minimum Gasteiger partial charge on any atom is -0.294 e. The first-order valence-electron chi connectivity index (χ1n) is 6.52. The van der Waals surface area contributed by atoms with Crippen molar-refractivity contribution in [1.29, 1.82) is 0 Å². The van der Waals surface area contributed by atoms with Crippen molar-refractivity contribution in [3.8, 4) is 0 Å². The average Bonchev–Trinajstić information content (AvgIpc) is 2.18. The van der Waals surface area contributed by atoms with Crippen LogP contribution in [0.15, 0.2) is 11.6 Å². The Morgan fingerprint density at radius 3 is 2.53 bits per heavy atom. The van der Waals surface area contributed by atoms with E-state index in [4.69, 9.17) is 0 Å². The van der Waals surface area contributed by atoms with Crippen molar-refractivity contribution < 1.29 is 4.79 Å². The maximum atomic E-state index is 12.2. The number of hydrogen-bond acceptors (Lipinski definition) is 1. The monoisotopic (exact) mass is 208 g/mol. The molecule has 0 aromatic rings. The molecule has 1 aliphatic rings. The zero-order valence-corrected chi connectivity index (χ0v) is 10.2. The molecule has 0 unspecified atom stereocenters. The first-order valence-corrected chi connectivity index (χ1v) is 6.52. The number of allylic oxidation sites excluding steroid dienone is 2. The summed E-state index contributed by atoms with van der Waals surface area (Å²) >= 11 is 0. The highest BCUT2D eigenvalue weighted by Crippen LogP contribution is 2.22. The Bertz CT molecular complexity index is 223. The van der Waals surface area contributed by atoms with Crippen LogP contribution in [0.5, 0.6) is 0 Å². The van der Waals surface area contributed by atoms with Gasteiger partial charge in [0, 0.05) is 5.92 Å². The molecule has 0 bridgehead atoms. The van der Waals surface area contributed by atoms with Crippen molar-refractivity contribution in [2.24, 2.45) is 5.92 Å². The van der Waals surface area contributed by atoms with E-state index in [-0.39, 0.29) is 5.92 Å². The smallest absolute Gasteiger partial charge is 0.161 e. The molecular formula is C14H24O. The summed E-state index contributed by atoms with van der Waals surface area (Å²) in [6.45, 7) is 4.24. The van der Waals surface area contributed by atoms with Gasteiger partial charge in [-0.2, -0.15) is 0 Å². The van der Waals surface area contributed by atoms with Gasteiger partial charge in [0.25, 0.3) is 0 Å². The Kier molecular flexibility index (Phi) is 5.67. The molecule has 0 heterocycles. The van der Waals surface area contributed by atoms with Crippen LogP contribution in [0.3, 0.4) is 0 Å². The van der Waals surface area contributed by atoms with Gasteiger partial charge in [0.05, 0.1) is 0 Å². The standard InChI is InChI=1S/C14H24O/c1-3-12(4-2)14(15)13-10-8-6-5-7-9-11-13/h10,12H,3-9,11H2,1-2H3. The van der Waals surface area contributed by atoms with Crippen molar-refractivity contribution in [2.45, 2.75) is 65.2 Å². The maximum absolute atomic E-state index is 12.2. The van der Waals surface area contributed by atoms with E-state index in [1.165, 1.54) is 25.7 Å². The molecule has 15 heavy (non-hydrogen) atoms. The molecule has 0 spiro atoms. The van der Waals surface area contributed by atoms with E-state index in [2.05, 4.69) is 19.9 Å². The largest absolute Gasteiger partial charge is 0.294 e. The first-order chi connectivity index (χ1) is 7.29. The van der Waals surface area contributed by atoms with E-state index < -0.39 is 0 Å². The summed E-state index contributed by atoms with van der Waals surface area (Å²) in [6, 6.07) is 0. The van der Waals surface area contributed by atoms with Gasteiger partial charge in [-0.05, 0) is 44.1 Å². The zero-order valence-electron chi connectivity index (χ0n) is 10.2. The molecule has 0 aromatic heterocycles. The molecule has 1 heteroatoms. The third-order valence-corrected chi connectivity index (χ3v) is 3.46. The fraction of sp³-hybridized carbons (Fsp3) is 0.786. The number of rotatable bonds is 4. The summed E-state index contributed by atoms with van der Waals surface area (Å²) in [4.78, 5) is 12.2. The second-order valence-electron chi connectivity index (χ2n) is 4.56. The average molecular weight is 208 g/mol. The lowest BCUT2D eigenvalue weighted by Gasteiger charge is -2.15. The van der Waals surface area contributed by atoms with Crippen LogP contribution < -0.4 is 0 Å². The summed E-state index contributed by atoms with van der Waals surface area (Å²) in [5, 5.41) is 0. The molecule has 0 aliphatic heterocycles. The third kappa shape index (κ3) is 3.81. The second-order valence-corrected chi connectivity index (χ2v) is 4.56. The fourth-order valence-corrected chi connectivity index (χ4v) is 2.34. The van der Waals surface area contributed by atoms with Gasteiger partial charge in [0.2, 0.25) is 0 Å². The normalized spacial score (nSPS) is 18.2. The predicted molar refractivity (Wildman–Crippen MR) is 64.9 cm³/mol. The van der Waals surface area contributed by atoms with Gasteiger partial charge in [-0.3, -0.25) is 4.79 Å². The van der Waals surface area contributed by atoms with Gasteiger partial charge in [-0.25, -0.2) is 0 Å². The van der Waals surface area contributed by atoms with Crippen molar-refractivity contribution in [3.63, 3.8) is 0 Å². The highest BCUT2D eigenvalue weighted by molar-refractivity contribution is 5.97. The first kappa shape index (κ1) is 12.5. The Morgan fingerprint density at radius 2 is 1.87 bits per heavy atom. The molecule has 0 radical (unpaired) electrons. The van der Waals surface area contributed by atoms with Crippen LogP contribution >= 0.6 is 0 Å². The van der Waals surface area contributed by atoms with Gasteiger partial charge in [-0.15, -0.1) is 0 Å². The Morgan fingerprint density at radius 1 is 1.20 bits per heavy atom. The Balaban J connectivity index is 2.62. The van der Waals surface area contributed by atoms with Crippen molar-refractivity contribution in [2.75, 3.05) is 0 Å². The lowest BCUT2D eigenvalue weighted by atomic mass is 9.88. The molecule has 1 nitrogen and oxygen atoms in total. The summed E-state index contributed by atoms with van der Waals surface area (Å²) in [7, 11) is 0. The number of hydrogen-bond donors (Lipinski definition) is 0. The number of carbonyl (C=O) groups is 1. The molecule has 0 saturated heterocycles. The SMILES string of the molecule is CCC(CC)C(=O)C1=CCCCCCC1. The molecule has 0 saturated carbocycles. The molecule has 1 aliphatic carbocycles. The van der Waals surface area contributed by atoms with Gasteiger partial charge in [0.15, 0.2) is 5.78 Å². The van der Waals surface area contributed by atoms with Crippen LogP contribution in [-0.4, -0.2) is 5.78 Å². The molecule has 0 aromatic carbocycles. The van der Waals surface area contributed by atoms with E-state index in [9.17, 15) is 4.79 Å². The molecule has 86 valence electrons. The van der Waals surface area contributed by atoms with Gasteiger partial charge in [0.1, 0.15) is 0 Å². The minimum atomic E-state index is 0.274. The minimum absolute atomic E-state index is 0.274. The quantitative estimate of drug-likeness (QED) is 0.674. The zero-order chi connectivity index (χ0) is 11.1. The molecule has 0 fully saturated rings. The number of carbonyl (C=O) groups excluding carboxylic acids is 1. The van der Waals surface area contributed by atoms with Crippen molar-refractivity contribution >= 4 is 5.78 Å². The van der Waals surface area contributed by atoms with Crippen LogP contribution in [0.2, 0.25) is 0 Å². The van der Waals surface area contributed by atoms with Crippen LogP contribution in [0.4, 0.5) is 0 Å². The van der Waals surface area contributed by atoms with E-state index in [1.807, 2.05) is 0 Å². The molecule has 0 N–H and O–H groups in total. The molecular weight excluding hydrogens is 184 g/mol. The van der Waals surface area contributed by atoms with Gasteiger partial charge < -0.3 is 0 Å². The summed E-state index contributed by atoms with van der Waals surface area (Å²) in [5.74, 6) is 0.706. The van der Waals surface area contributed by atoms with E-state index in [1.54, 1.807) is 0 Å². The van der Waals surface area contributed by atoms with Crippen LogP contribution in [-0.2, 0) is 4.79 Å². The maximum Gasteiger partial charge on any atom is 0.161 e. The topological polar surface area (TPSA) is 17.1 Å². The summed E-state index contributed by atoms with van der Waals surface area (Å²) in [5.41, 5.74) is 1.13. The Hall–Kier alpha value is -0.590. The fourth-order valence-electron chi connectivity index (χ4n) is 2.34. The van der Waals surface area contributed by atoms with Gasteiger partial charge in [-0.1, -0.05) is 32.8 Å². The highest BCUT2D eigenvalue weighted by Gasteiger charge is 2.18. The van der Waals surface area contributed by atoms with Gasteiger partial charge >= 0.3 is 0 Å². The molecule has 0 atom stereocenters. The third-order valence-electron chi connectivity index (χ3n) is 3.46. The summed E-state index contributed by atoms with van der Waals surface area (Å²) in [6.07, 6.45) is 11.4.